The largest absolute Gasteiger partial charge is 0.443 e. The Bertz CT molecular complexity index is 703. The number of nitrogens with zero attached hydrogens (tertiary/aromatic N) is 1. The van der Waals surface area contributed by atoms with Gasteiger partial charge in [0, 0.05) is 6.07 Å². The van der Waals surface area contributed by atoms with Gasteiger partial charge in [0.25, 0.3) is 0 Å². The lowest BCUT2D eigenvalue weighted by atomic mass is 10.2. The van der Waals surface area contributed by atoms with Crippen LogP contribution in [0.4, 0.5) is 0 Å². The summed E-state index contributed by atoms with van der Waals surface area (Å²) in [6, 6.07) is 14.6. The summed E-state index contributed by atoms with van der Waals surface area (Å²) in [5, 5.41) is 0. The predicted molar refractivity (Wildman–Crippen MR) is 69.8 cm³/mol. The van der Waals surface area contributed by atoms with Crippen LogP contribution in [-0.2, 0) is 11.2 Å². The average molecular weight is 253 g/mol. The lowest BCUT2D eigenvalue weighted by Gasteiger charge is -2.04. The van der Waals surface area contributed by atoms with E-state index in [4.69, 9.17) is 9.15 Å². The molecule has 0 aliphatic carbocycles. The highest BCUT2D eigenvalue weighted by atomic mass is 16.5. The van der Waals surface area contributed by atoms with E-state index in [1.807, 2.05) is 30.3 Å². The first-order valence-electron chi connectivity index (χ1n) is 5.89. The summed E-state index contributed by atoms with van der Waals surface area (Å²) in [5.41, 5.74) is 2.27. The van der Waals surface area contributed by atoms with Gasteiger partial charge in [-0.25, -0.2) is 4.98 Å². The molecule has 4 nitrogen and oxygen atoms in total. The minimum absolute atomic E-state index is 0.248. The third kappa shape index (κ3) is 2.63. The quantitative estimate of drug-likeness (QED) is 0.532. The van der Waals surface area contributed by atoms with Crippen LogP contribution in [0.15, 0.2) is 59.3 Å². The molecule has 3 aromatic rings. The second-order valence-electron chi connectivity index (χ2n) is 4.12. The monoisotopic (exact) mass is 253 g/mol. The highest BCUT2D eigenvalue weighted by Gasteiger charge is 2.07. The van der Waals surface area contributed by atoms with E-state index in [-0.39, 0.29) is 12.4 Å². The molecule has 0 amide bonds. The number of hydrogen-bond acceptors (Lipinski definition) is 4. The number of aromatic nitrogens is 1. The smallest absolute Gasteiger partial charge is 0.315 e. The zero-order chi connectivity index (χ0) is 13.1. The highest BCUT2D eigenvalue weighted by Crippen LogP contribution is 2.19. The van der Waals surface area contributed by atoms with Crippen LogP contribution < -0.4 is 4.74 Å². The van der Waals surface area contributed by atoms with Crippen LogP contribution in [0.25, 0.3) is 11.1 Å². The Morgan fingerprint density at radius 3 is 2.84 bits per heavy atom. The summed E-state index contributed by atoms with van der Waals surface area (Å²) in [6.45, 7) is 0. The number of carbonyl (C=O) groups excluding carboxylic acids is 1. The van der Waals surface area contributed by atoms with E-state index in [0.29, 0.717) is 16.8 Å². The average Bonchev–Trinajstić information content (AvgIpc) is 2.87. The van der Waals surface area contributed by atoms with Crippen LogP contribution in [0, 0.1) is 0 Å². The van der Waals surface area contributed by atoms with Crippen LogP contribution >= 0.6 is 0 Å². The van der Waals surface area contributed by atoms with Gasteiger partial charge in [-0.05, 0) is 17.7 Å². The molecule has 0 bridgehead atoms. The molecule has 0 radical (unpaired) electrons. The van der Waals surface area contributed by atoms with Crippen LogP contribution in [0.3, 0.4) is 0 Å². The van der Waals surface area contributed by atoms with Gasteiger partial charge in [0.1, 0.15) is 11.3 Å². The molecule has 0 spiro atoms. The number of benzene rings is 2. The number of rotatable bonds is 3. The molecule has 19 heavy (non-hydrogen) atoms. The summed E-state index contributed by atoms with van der Waals surface area (Å²) >= 11 is 0. The fourth-order valence-corrected chi connectivity index (χ4v) is 1.83. The SMILES string of the molecule is O=C(Cc1ccccc1)Oc1ccc2ocnc2c1. The second-order valence-corrected chi connectivity index (χ2v) is 4.12. The van der Waals surface area contributed by atoms with Crippen molar-refractivity contribution in [3.63, 3.8) is 0 Å². The van der Waals surface area contributed by atoms with Crippen LogP contribution in [-0.4, -0.2) is 11.0 Å². The third-order valence-corrected chi connectivity index (χ3v) is 2.72. The van der Waals surface area contributed by atoms with Crippen LogP contribution in [0.2, 0.25) is 0 Å². The zero-order valence-corrected chi connectivity index (χ0v) is 10.1. The third-order valence-electron chi connectivity index (χ3n) is 2.72. The van der Waals surface area contributed by atoms with E-state index in [1.165, 1.54) is 6.39 Å². The molecule has 4 heteroatoms. The maximum absolute atomic E-state index is 11.8. The van der Waals surface area contributed by atoms with Crippen molar-refractivity contribution in [2.75, 3.05) is 0 Å². The summed E-state index contributed by atoms with van der Waals surface area (Å²) in [6.07, 6.45) is 1.61. The number of fused-ring (bicyclic) bond motifs is 1. The minimum atomic E-state index is -0.297. The Hall–Kier alpha value is -2.62. The molecule has 0 fully saturated rings. The molecule has 0 saturated carbocycles. The van der Waals surface area contributed by atoms with Crippen molar-refractivity contribution in [3.8, 4) is 5.75 Å². The van der Waals surface area contributed by atoms with Gasteiger partial charge in [0.2, 0.25) is 0 Å². The fourth-order valence-electron chi connectivity index (χ4n) is 1.83. The first-order chi connectivity index (χ1) is 9.31. The van der Waals surface area contributed by atoms with Gasteiger partial charge >= 0.3 is 5.97 Å². The van der Waals surface area contributed by atoms with Crippen LogP contribution in [0.1, 0.15) is 5.56 Å². The molecule has 0 aliphatic heterocycles. The Morgan fingerprint density at radius 1 is 1.16 bits per heavy atom. The number of oxazole rings is 1. The molecule has 0 unspecified atom stereocenters. The first kappa shape index (κ1) is 11.5. The predicted octanol–water partition coefficient (Wildman–Crippen LogP) is 2.98. The van der Waals surface area contributed by atoms with E-state index in [0.717, 1.165) is 5.56 Å². The molecule has 3 rings (SSSR count). The molecule has 0 atom stereocenters. The Morgan fingerprint density at radius 2 is 2.00 bits per heavy atom. The topological polar surface area (TPSA) is 52.3 Å². The van der Waals surface area contributed by atoms with Gasteiger partial charge in [0.05, 0.1) is 6.42 Å². The first-order valence-corrected chi connectivity index (χ1v) is 5.89. The van der Waals surface area contributed by atoms with Crippen molar-refractivity contribution in [2.24, 2.45) is 0 Å². The van der Waals surface area contributed by atoms with E-state index in [9.17, 15) is 4.79 Å². The summed E-state index contributed by atoms with van der Waals surface area (Å²) < 4.78 is 10.4. The number of carbonyl (C=O) groups is 1. The summed E-state index contributed by atoms with van der Waals surface area (Å²) in [5.74, 6) is 0.177. The van der Waals surface area contributed by atoms with Crippen LogP contribution in [0.5, 0.6) is 5.75 Å². The molecule has 1 heterocycles. The van der Waals surface area contributed by atoms with E-state index in [1.54, 1.807) is 18.2 Å². The maximum Gasteiger partial charge on any atom is 0.315 e. The normalized spacial score (nSPS) is 10.5. The summed E-state index contributed by atoms with van der Waals surface area (Å²) in [4.78, 5) is 15.8. The van der Waals surface area contributed by atoms with E-state index < -0.39 is 0 Å². The molecule has 0 saturated heterocycles. The van der Waals surface area contributed by atoms with E-state index >= 15 is 0 Å². The van der Waals surface area contributed by atoms with Gasteiger partial charge in [-0.2, -0.15) is 0 Å². The zero-order valence-electron chi connectivity index (χ0n) is 10.1. The number of hydrogen-bond donors (Lipinski definition) is 0. The maximum atomic E-state index is 11.8. The molecule has 0 aliphatic rings. The molecule has 94 valence electrons. The number of esters is 1. The fraction of sp³-hybridized carbons (Fsp3) is 0.0667. The molecule has 0 N–H and O–H groups in total. The van der Waals surface area contributed by atoms with Crippen molar-refractivity contribution in [3.05, 3.63) is 60.5 Å². The van der Waals surface area contributed by atoms with Crippen molar-refractivity contribution in [1.82, 2.24) is 4.98 Å². The lowest BCUT2D eigenvalue weighted by Crippen LogP contribution is -2.11. The Labute approximate surface area is 109 Å². The minimum Gasteiger partial charge on any atom is -0.443 e. The van der Waals surface area contributed by atoms with Gasteiger partial charge in [-0.15, -0.1) is 0 Å². The lowest BCUT2D eigenvalue weighted by molar-refractivity contribution is -0.133. The number of ether oxygens (including phenoxy) is 1. The molecular weight excluding hydrogens is 242 g/mol. The van der Waals surface area contributed by atoms with Crippen molar-refractivity contribution in [2.45, 2.75) is 6.42 Å². The highest BCUT2D eigenvalue weighted by molar-refractivity contribution is 5.78. The second kappa shape index (κ2) is 4.94. The van der Waals surface area contributed by atoms with Crippen molar-refractivity contribution >= 4 is 17.1 Å². The summed E-state index contributed by atoms with van der Waals surface area (Å²) in [7, 11) is 0. The van der Waals surface area contributed by atoms with Crippen molar-refractivity contribution < 1.29 is 13.9 Å². The van der Waals surface area contributed by atoms with Gasteiger partial charge in [-0.1, -0.05) is 30.3 Å². The standard InChI is InChI=1S/C15H11NO3/c17-15(8-11-4-2-1-3-5-11)19-12-6-7-14-13(9-12)16-10-18-14/h1-7,9-10H,8H2. The van der Waals surface area contributed by atoms with Crippen molar-refractivity contribution in [1.29, 1.82) is 0 Å². The Kier molecular flexibility index (Phi) is 2.98. The molecular formula is C15H11NO3. The van der Waals surface area contributed by atoms with E-state index in [2.05, 4.69) is 4.98 Å². The molecule has 2 aromatic carbocycles. The van der Waals surface area contributed by atoms with Gasteiger partial charge < -0.3 is 9.15 Å². The van der Waals surface area contributed by atoms with Gasteiger partial charge in [0.15, 0.2) is 12.0 Å². The Balaban J connectivity index is 1.72. The van der Waals surface area contributed by atoms with Gasteiger partial charge in [-0.3, -0.25) is 4.79 Å². The molecule has 1 aromatic heterocycles.